The summed E-state index contributed by atoms with van der Waals surface area (Å²) in [6.45, 7) is 10.9. The lowest BCUT2D eigenvalue weighted by atomic mass is 10.0. The maximum atomic E-state index is 13.1. The van der Waals surface area contributed by atoms with E-state index in [1.165, 1.54) is 25.8 Å². The number of aromatic nitrogens is 3. The predicted octanol–water partition coefficient (Wildman–Crippen LogP) is 4.99. The number of piperidine rings is 1. The number of hydrogen-bond acceptors (Lipinski definition) is 4. The Morgan fingerprint density at radius 3 is 2.84 bits per heavy atom. The summed E-state index contributed by atoms with van der Waals surface area (Å²) in [5.74, 6) is -0.0716. The van der Waals surface area contributed by atoms with Crippen molar-refractivity contribution in [1.82, 2.24) is 25.0 Å². The molecule has 0 bridgehead atoms. The Kier molecular flexibility index (Phi) is 6.82. The first-order valence-electron chi connectivity index (χ1n) is 11.5. The average Bonchev–Trinajstić information content (AvgIpc) is 3.09. The van der Waals surface area contributed by atoms with Gasteiger partial charge in [0.15, 0.2) is 5.65 Å². The first-order valence-corrected chi connectivity index (χ1v) is 11.9. The predicted molar refractivity (Wildman–Crippen MR) is 130 cm³/mol. The fraction of sp³-hybridized carbons (Fsp3) is 0.480. The number of rotatable bonds is 6. The van der Waals surface area contributed by atoms with Crippen molar-refractivity contribution in [1.29, 1.82) is 0 Å². The Hall–Kier alpha value is -2.44. The lowest BCUT2D eigenvalue weighted by Gasteiger charge is -2.33. The molecule has 0 spiro atoms. The first-order chi connectivity index (χ1) is 15.4. The monoisotopic (exact) mass is 453 g/mol. The summed E-state index contributed by atoms with van der Waals surface area (Å²) < 4.78 is 1.80. The van der Waals surface area contributed by atoms with E-state index in [0.29, 0.717) is 28.8 Å². The molecular formula is C25H32ClN5O. The molecule has 1 atom stereocenters. The van der Waals surface area contributed by atoms with Crippen LogP contribution in [0.1, 0.15) is 59.9 Å². The molecule has 6 nitrogen and oxygen atoms in total. The molecule has 3 heterocycles. The number of benzene rings is 1. The number of amides is 1. The summed E-state index contributed by atoms with van der Waals surface area (Å²) in [7, 11) is 0. The first kappa shape index (κ1) is 22.7. The minimum atomic E-state index is -0.0716. The smallest absolute Gasteiger partial charge is 0.252 e. The topological polar surface area (TPSA) is 63.1 Å². The van der Waals surface area contributed by atoms with Gasteiger partial charge in [-0.25, -0.2) is 9.67 Å². The third-order valence-corrected chi connectivity index (χ3v) is 6.91. The Morgan fingerprint density at radius 1 is 1.25 bits per heavy atom. The minimum Gasteiger partial charge on any atom is -0.352 e. The van der Waals surface area contributed by atoms with Crippen LogP contribution in [0.5, 0.6) is 0 Å². The van der Waals surface area contributed by atoms with E-state index >= 15 is 0 Å². The molecule has 1 aliphatic heterocycles. The maximum absolute atomic E-state index is 13.1. The summed E-state index contributed by atoms with van der Waals surface area (Å²) in [5, 5.41) is 9.31. The number of likely N-dealkylation sites (tertiary alicyclic amines) is 1. The second-order valence-corrected chi connectivity index (χ2v) is 9.29. The van der Waals surface area contributed by atoms with Gasteiger partial charge in [-0.2, -0.15) is 5.10 Å². The molecule has 170 valence electrons. The summed E-state index contributed by atoms with van der Waals surface area (Å²) in [5.41, 5.74) is 4.67. The van der Waals surface area contributed by atoms with E-state index in [9.17, 15) is 4.79 Å². The largest absolute Gasteiger partial charge is 0.352 e. The van der Waals surface area contributed by atoms with Crippen molar-refractivity contribution < 1.29 is 4.79 Å². The Balaban J connectivity index is 1.56. The molecule has 7 heteroatoms. The standard InChI is InChI=1S/C25H32ClN5O/c1-16-15-20(25(32)27-12-8-14-30-13-6-5-9-17(30)2)23-19(4)29-31(24(23)28-16)22-11-7-10-21(26)18(22)3/h7,10-11,15,17H,5-6,8-9,12-14H2,1-4H3,(H,27,32)/t17-/m1/s1. The van der Waals surface area contributed by atoms with Crippen LogP contribution in [0.15, 0.2) is 24.3 Å². The highest BCUT2D eigenvalue weighted by atomic mass is 35.5. The van der Waals surface area contributed by atoms with E-state index in [-0.39, 0.29) is 5.91 Å². The van der Waals surface area contributed by atoms with Crippen LogP contribution in [0.3, 0.4) is 0 Å². The number of carbonyl (C=O) groups excluding carboxylic acids is 1. The van der Waals surface area contributed by atoms with Crippen LogP contribution in [0.25, 0.3) is 16.7 Å². The SMILES string of the molecule is Cc1cc(C(=O)NCCCN2CCCC[C@H]2C)c2c(C)nn(-c3cccc(Cl)c3C)c2n1. The molecule has 32 heavy (non-hydrogen) atoms. The van der Waals surface area contributed by atoms with Crippen LogP contribution in [0, 0.1) is 20.8 Å². The zero-order valence-corrected chi connectivity index (χ0v) is 20.2. The quantitative estimate of drug-likeness (QED) is 0.534. The van der Waals surface area contributed by atoms with Gasteiger partial charge in [-0.1, -0.05) is 24.1 Å². The number of pyridine rings is 1. The molecule has 0 radical (unpaired) electrons. The number of carbonyl (C=O) groups is 1. The molecule has 1 amide bonds. The molecule has 0 unspecified atom stereocenters. The molecule has 1 aromatic carbocycles. The summed E-state index contributed by atoms with van der Waals surface area (Å²) in [6, 6.07) is 8.24. The highest BCUT2D eigenvalue weighted by Crippen LogP contribution is 2.28. The number of aryl methyl sites for hydroxylation is 2. The normalized spacial score (nSPS) is 17.1. The molecule has 3 aromatic rings. The van der Waals surface area contributed by atoms with Crippen LogP contribution in [-0.4, -0.2) is 51.2 Å². The molecule has 0 saturated carbocycles. The molecule has 1 aliphatic rings. The van der Waals surface area contributed by atoms with Crippen molar-refractivity contribution in [3.63, 3.8) is 0 Å². The highest BCUT2D eigenvalue weighted by Gasteiger charge is 2.21. The fourth-order valence-corrected chi connectivity index (χ4v) is 4.83. The number of nitrogens with one attached hydrogen (secondary N) is 1. The van der Waals surface area contributed by atoms with Gasteiger partial charge < -0.3 is 10.2 Å². The van der Waals surface area contributed by atoms with E-state index in [1.807, 2.05) is 45.0 Å². The van der Waals surface area contributed by atoms with Crippen LogP contribution < -0.4 is 5.32 Å². The number of fused-ring (bicyclic) bond motifs is 1. The van der Waals surface area contributed by atoms with Crippen molar-refractivity contribution in [3.8, 4) is 5.69 Å². The number of halogens is 1. The summed E-state index contributed by atoms with van der Waals surface area (Å²) in [6.07, 6.45) is 4.83. The fourth-order valence-electron chi connectivity index (χ4n) is 4.66. The zero-order chi connectivity index (χ0) is 22.8. The molecule has 0 aliphatic carbocycles. The second kappa shape index (κ2) is 9.59. The molecular weight excluding hydrogens is 422 g/mol. The third kappa shape index (κ3) is 4.52. The molecule has 1 N–H and O–H groups in total. The van der Waals surface area contributed by atoms with E-state index in [1.54, 1.807) is 4.68 Å². The van der Waals surface area contributed by atoms with Crippen molar-refractivity contribution in [2.75, 3.05) is 19.6 Å². The van der Waals surface area contributed by atoms with Gasteiger partial charge in [-0.05, 0) is 77.3 Å². The van der Waals surface area contributed by atoms with Gasteiger partial charge in [0.05, 0.1) is 22.3 Å². The molecule has 1 fully saturated rings. The van der Waals surface area contributed by atoms with Gasteiger partial charge in [0.2, 0.25) is 0 Å². The van der Waals surface area contributed by atoms with Gasteiger partial charge in [-0.3, -0.25) is 4.79 Å². The van der Waals surface area contributed by atoms with Crippen LogP contribution in [-0.2, 0) is 0 Å². The molecule has 4 rings (SSSR count). The third-order valence-electron chi connectivity index (χ3n) is 6.50. The second-order valence-electron chi connectivity index (χ2n) is 8.88. The number of hydrogen-bond donors (Lipinski definition) is 1. The van der Waals surface area contributed by atoms with E-state index in [0.717, 1.165) is 41.0 Å². The van der Waals surface area contributed by atoms with Gasteiger partial charge in [0.1, 0.15) is 0 Å². The summed E-state index contributed by atoms with van der Waals surface area (Å²) in [4.78, 5) is 20.4. The lowest BCUT2D eigenvalue weighted by molar-refractivity contribution is 0.0950. The van der Waals surface area contributed by atoms with Gasteiger partial charge in [0.25, 0.3) is 5.91 Å². The van der Waals surface area contributed by atoms with Crippen LogP contribution >= 0.6 is 11.6 Å². The van der Waals surface area contributed by atoms with Crippen molar-refractivity contribution in [2.45, 2.75) is 59.4 Å². The lowest BCUT2D eigenvalue weighted by Crippen LogP contribution is -2.39. The maximum Gasteiger partial charge on any atom is 0.252 e. The van der Waals surface area contributed by atoms with Crippen LogP contribution in [0.4, 0.5) is 0 Å². The van der Waals surface area contributed by atoms with Crippen LogP contribution in [0.2, 0.25) is 5.02 Å². The Morgan fingerprint density at radius 2 is 2.06 bits per heavy atom. The molecule has 1 saturated heterocycles. The average molecular weight is 454 g/mol. The van der Waals surface area contributed by atoms with Gasteiger partial charge in [0, 0.05) is 29.8 Å². The summed E-state index contributed by atoms with van der Waals surface area (Å²) >= 11 is 6.34. The Bertz CT molecular complexity index is 1140. The van der Waals surface area contributed by atoms with E-state index in [2.05, 4.69) is 17.1 Å². The van der Waals surface area contributed by atoms with Crippen molar-refractivity contribution in [2.24, 2.45) is 0 Å². The van der Waals surface area contributed by atoms with E-state index < -0.39 is 0 Å². The minimum absolute atomic E-state index is 0.0716. The number of nitrogens with zero attached hydrogens (tertiary/aromatic N) is 4. The van der Waals surface area contributed by atoms with Crippen molar-refractivity contribution >= 4 is 28.5 Å². The van der Waals surface area contributed by atoms with Gasteiger partial charge in [-0.15, -0.1) is 0 Å². The molecule has 2 aromatic heterocycles. The van der Waals surface area contributed by atoms with Crippen molar-refractivity contribution in [3.05, 3.63) is 51.8 Å². The van der Waals surface area contributed by atoms with Gasteiger partial charge >= 0.3 is 0 Å². The Labute approximate surface area is 195 Å². The van der Waals surface area contributed by atoms with E-state index in [4.69, 9.17) is 21.7 Å². The highest BCUT2D eigenvalue weighted by molar-refractivity contribution is 6.31. The zero-order valence-electron chi connectivity index (χ0n) is 19.4.